The maximum atomic E-state index is 10.5. The Bertz CT molecular complexity index is 546. The molecule has 0 aliphatic rings. The Morgan fingerprint density at radius 1 is 0.895 bits per heavy atom. The zero-order valence-corrected chi connectivity index (χ0v) is 11.9. The molecule has 0 aromatic heterocycles. The molecule has 2 rings (SSSR count). The summed E-state index contributed by atoms with van der Waals surface area (Å²) in [7, 11) is 0. The van der Waals surface area contributed by atoms with Crippen molar-refractivity contribution in [2.24, 2.45) is 0 Å². The smallest absolute Gasteiger partial charge is 0.152 e. The Kier molecular flexibility index (Phi) is 5.55. The van der Waals surface area contributed by atoms with Crippen LogP contribution in [0, 0.1) is 0 Å². The SMILES string of the molecule is O=S(O)CCCCCCc1cccc2ccccc12. The molecule has 0 saturated carbocycles. The Balaban J connectivity index is 1.83. The largest absolute Gasteiger partial charge is 0.306 e. The lowest BCUT2D eigenvalue weighted by molar-refractivity contribution is 0.557. The lowest BCUT2D eigenvalue weighted by atomic mass is 9.99. The molecular weight excluding hydrogens is 256 g/mol. The van der Waals surface area contributed by atoms with Gasteiger partial charge in [-0.3, -0.25) is 0 Å². The van der Waals surface area contributed by atoms with E-state index in [-0.39, 0.29) is 0 Å². The molecule has 2 aromatic rings. The normalized spacial score (nSPS) is 12.7. The first kappa shape index (κ1) is 14.2. The van der Waals surface area contributed by atoms with Crippen LogP contribution in [0.25, 0.3) is 10.8 Å². The van der Waals surface area contributed by atoms with Crippen LogP contribution in [0.5, 0.6) is 0 Å². The number of hydrogen-bond acceptors (Lipinski definition) is 1. The molecule has 0 amide bonds. The number of benzene rings is 2. The van der Waals surface area contributed by atoms with Crippen LogP contribution in [0.1, 0.15) is 31.2 Å². The first-order valence-electron chi connectivity index (χ1n) is 6.81. The van der Waals surface area contributed by atoms with Gasteiger partial charge in [0.05, 0.1) is 0 Å². The minimum Gasteiger partial charge on any atom is -0.306 e. The number of rotatable bonds is 7. The van der Waals surface area contributed by atoms with E-state index < -0.39 is 11.1 Å². The average molecular weight is 276 g/mol. The molecule has 2 aromatic carbocycles. The monoisotopic (exact) mass is 276 g/mol. The molecule has 0 spiro atoms. The van der Waals surface area contributed by atoms with Gasteiger partial charge < -0.3 is 4.55 Å². The lowest BCUT2D eigenvalue weighted by Crippen LogP contribution is -1.95. The highest BCUT2D eigenvalue weighted by molar-refractivity contribution is 7.79. The molecule has 1 N–H and O–H groups in total. The van der Waals surface area contributed by atoms with Gasteiger partial charge in [-0.2, -0.15) is 0 Å². The van der Waals surface area contributed by atoms with Crippen LogP contribution < -0.4 is 0 Å². The topological polar surface area (TPSA) is 37.3 Å². The molecule has 0 fully saturated rings. The third kappa shape index (κ3) is 4.44. The summed E-state index contributed by atoms with van der Waals surface area (Å²) in [4.78, 5) is 0. The van der Waals surface area contributed by atoms with Crippen LogP contribution in [0.15, 0.2) is 42.5 Å². The van der Waals surface area contributed by atoms with Gasteiger partial charge in [0.15, 0.2) is 11.1 Å². The molecule has 0 bridgehead atoms. The summed E-state index contributed by atoms with van der Waals surface area (Å²) in [5, 5.41) is 2.65. The maximum Gasteiger partial charge on any atom is 0.152 e. The van der Waals surface area contributed by atoms with Gasteiger partial charge in [-0.1, -0.05) is 55.3 Å². The summed E-state index contributed by atoms with van der Waals surface area (Å²) in [5.41, 5.74) is 1.41. The van der Waals surface area contributed by atoms with Crippen molar-refractivity contribution in [3.05, 3.63) is 48.0 Å². The molecule has 0 aliphatic carbocycles. The third-order valence-corrected chi connectivity index (χ3v) is 4.03. The zero-order valence-electron chi connectivity index (χ0n) is 11.0. The van der Waals surface area contributed by atoms with Crippen LogP contribution in [0.4, 0.5) is 0 Å². The predicted octanol–water partition coefficient (Wildman–Crippen LogP) is 4.16. The average Bonchev–Trinajstić information content (AvgIpc) is 2.42. The molecule has 102 valence electrons. The van der Waals surface area contributed by atoms with Crippen LogP contribution in [0.3, 0.4) is 0 Å². The zero-order chi connectivity index (χ0) is 13.5. The van der Waals surface area contributed by atoms with Crippen molar-refractivity contribution >= 4 is 21.9 Å². The van der Waals surface area contributed by atoms with Crippen LogP contribution in [-0.2, 0) is 17.5 Å². The van der Waals surface area contributed by atoms with Crippen LogP contribution in [-0.4, -0.2) is 14.5 Å². The molecule has 0 radical (unpaired) electrons. The number of aryl methyl sites for hydroxylation is 1. The van der Waals surface area contributed by atoms with E-state index in [1.54, 1.807) is 0 Å². The molecule has 1 unspecified atom stereocenters. The summed E-state index contributed by atoms with van der Waals surface area (Å²) in [5.74, 6) is 0.411. The highest BCUT2D eigenvalue weighted by atomic mass is 32.2. The van der Waals surface area contributed by atoms with Gasteiger partial charge in [0.25, 0.3) is 0 Å². The fourth-order valence-corrected chi connectivity index (χ4v) is 2.86. The van der Waals surface area contributed by atoms with E-state index in [1.165, 1.54) is 16.3 Å². The molecular formula is C16H20O2S. The highest BCUT2D eigenvalue weighted by Gasteiger charge is 2.00. The Morgan fingerprint density at radius 2 is 1.63 bits per heavy atom. The standard InChI is InChI=1S/C16H20O2S/c17-19(18)13-6-2-1-3-8-14-10-7-11-15-9-4-5-12-16(14)15/h4-5,7,9-12H,1-3,6,8,13H2,(H,17,18). The molecule has 2 nitrogen and oxygen atoms in total. The summed E-state index contributed by atoms with van der Waals surface area (Å²) < 4.78 is 19.2. The quantitative estimate of drug-likeness (QED) is 0.609. The van der Waals surface area contributed by atoms with Gasteiger partial charge in [-0.15, -0.1) is 0 Å². The summed E-state index contributed by atoms with van der Waals surface area (Å²) in [6.45, 7) is 0. The summed E-state index contributed by atoms with van der Waals surface area (Å²) in [6, 6.07) is 14.9. The molecule has 3 heteroatoms. The predicted molar refractivity (Wildman–Crippen MR) is 81.8 cm³/mol. The van der Waals surface area contributed by atoms with Crippen molar-refractivity contribution in [3.8, 4) is 0 Å². The lowest BCUT2D eigenvalue weighted by Gasteiger charge is -2.06. The number of hydrogen-bond donors (Lipinski definition) is 1. The van der Waals surface area contributed by atoms with E-state index in [1.807, 2.05) is 0 Å². The van der Waals surface area contributed by atoms with Crippen molar-refractivity contribution in [1.82, 2.24) is 0 Å². The number of fused-ring (bicyclic) bond motifs is 1. The van der Waals surface area contributed by atoms with Gasteiger partial charge in [0, 0.05) is 5.75 Å². The van der Waals surface area contributed by atoms with Crippen molar-refractivity contribution < 1.29 is 8.76 Å². The summed E-state index contributed by atoms with van der Waals surface area (Å²) >= 11 is -1.63. The Hall–Kier alpha value is -1.19. The molecule has 0 aliphatic heterocycles. The first-order chi connectivity index (χ1) is 9.27. The van der Waals surface area contributed by atoms with E-state index in [4.69, 9.17) is 4.55 Å². The minimum absolute atomic E-state index is 0.411. The van der Waals surface area contributed by atoms with Crippen molar-refractivity contribution in [3.63, 3.8) is 0 Å². The van der Waals surface area contributed by atoms with Crippen LogP contribution >= 0.6 is 0 Å². The van der Waals surface area contributed by atoms with E-state index in [9.17, 15) is 4.21 Å². The van der Waals surface area contributed by atoms with E-state index in [2.05, 4.69) is 42.5 Å². The van der Waals surface area contributed by atoms with Crippen molar-refractivity contribution in [1.29, 1.82) is 0 Å². The second-order valence-electron chi connectivity index (χ2n) is 4.83. The Labute approximate surface area is 117 Å². The van der Waals surface area contributed by atoms with Crippen LogP contribution in [0.2, 0.25) is 0 Å². The second-order valence-corrected chi connectivity index (χ2v) is 5.88. The molecule has 0 saturated heterocycles. The highest BCUT2D eigenvalue weighted by Crippen LogP contribution is 2.20. The fraction of sp³-hybridized carbons (Fsp3) is 0.375. The van der Waals surface area contributed by atoms with Crippen molar-refractivity contribution in [2.45, 2.75) is 32.1 Å². The van der Waals surface area contributed by atoms with E-state index in [0.717, 1.165) is 32.1 Å². The van der Waals surface area contributed by atoms with Crippen molar-refractivity contribution in [2.75, 3.05) is 5.75 Å². The second kappa shape index (κ2) is 7.41. The number of unbranched alkanes of at least 4 members (excludes halogenated alkanes) is 3. The molecule has 0 heterocycles. The van der Waals surface area contributed by atoms with E-state index in [0.29, 0.717) is 5.75 Å². The fourth-order valence-electron chi connectivity index (χ4n) is 2.41. The van der Waals surface area contributed by atoms with Gasteiger partial charge in [-0.05, 0) is 35.6 Å². The van der Waals surface area contributed by atoms with Gasteiger partial charge in [0.2, 0.25) is 0 Å². The van der Waals surface area contributed by atoms with Gasteiger partial charge in [0.1, 0.15) is 0 Å². The minimum atomic E-state index is -1.63. The van der Waals surface area contributed by atoms with E-state index >= 15 is 0 Å². The van der Waals surface area contributed by atoms with Gasteiger partial charge >= 0.3 is 0 Å². The first-order valence-corrected chi connectivity index (χ1v) is 8.09. The maximum absolute atomic E-state index is 10.5. The Morgan fingerprint density at radius 3 is 2.47 bits per heavy atom. The molecule has 1 atom stereocenters. The van der Waals surface area contributed by atoms with Gasteiger partial charge in [-0.25, -0.2) is 4.21 Å². The summed E-state index contributed by atoms with van der Waals surface area (Å²) in [6.07, 6.45) is 5.24. The third-order valence-electron chi connectivity index (χ3n) is 3.40. The molecule has 19 heavy (non-hydrogen) atoms.